The molecular weight excluding hydrogens is 358 g/mol. The first-order chi connectivity index (χ1) is 13.3. The van der Waals surface area contributed by atoms with Crippen molar-refractivity contribution in [2.24, 2.45) is 18.7 Å². The minimum Gasteiger partial charge on any atom is -0.490 e. The Morgan fingerprint density at radius 3 is 2.29 bits per heavy atom. The maximum atomic E-state index is 12.8. The molecule has 0 unspecified atom stereocenters. The zero-order valence-corrected chi connectivity index (χ0v) is 17.1. The van der Waals surface area contributed by atoms with Gasteiger partial charge in [0.25, 0.3) is 5.91 Å². The van der Waals surface area contributed by atoms with E-state index in [9.17, 15) is 9.59 Å². The summed E-state index contributed by atoms with van der Waals surface area (Å²) in [6.45, 7) is 8.95. The van der Waals surface area contributed by atoms with E-state index in [-0.39, 0.29) is 17.9 Å². The summed E-state index contributed by atoms with van der Waals surface area (Å²) in [5, 5.41) is 3.05. The summed E-state index contributed by atoms with van der Waals surface area (Å²) >= 11 is 0. The fourth-order valence-electron chi connectivity index (χ4n) is 3.04. The maximum Gasteiger partial charge on any atom is 0.268 e. The van der Waals surface area contributed by atoms with Crippen molar-refractivity contribution in [1.29, 1.82) is 0 Å². The molecule has 0 saturated carbocycles. The fraction of sp³-hybridized carbons (Fsp3) is 0.429. The van der Waals surface area contributed by atoms with Crippen LogP contribution in [0.25, 0.3) is 0 Å². The fourth-order valence-corrected chi connectivity index (χ4v) is 3.04. The predicted octanol–water partition coefficient (Wildman–Crippen LogP) is 3.05. The van der Waals surface area contributed by atoms with Gasteiger partial charge in [0.05, 0.1) is 24.8 Å². The first-order valence-electron chi connectivity index (χ1n) is 9.45. The lowest BCUT2D eigenvalue weighted by Gasteiger charge is -2.24. The van der Waals surface area contributed by atoms with Crippen LogP contribution in [0, 0.1) is 5.92 Å². The van der Waals surface area contributed by atoms with Crippen molar-refractivity contribution in [3.8, 4) is 11.5 Å². The minimum absolute atomic E-state index is 0.132. The van der Waals surface area contributed by atoms with Crippen LogP contribution in [-0.2, 0) is 7.05 Å². The Labute approximate surface area is 165 Å². The first-order valence-corrected chi connectivity index (χ1v) is 9.45. The summed E-state index contributed by atoms with van der Waals surface area (Å²) in [7, 11) is 1.70. The molecule has 7 heteroatoms. The molecule has 1 heterocycles. The third-order valence-corrected chi connectivity index (χ3v) is 4.40. The van der Waals surface area contributed by atoms with Crippen LogP contribution in [0.4, 0.5) is 0 Å². The van der Waals surface area contributed by atoms with Gasteiger partial charge in [0.2, 0.25) is 5.91 Å². The number of nitrogens with one attached hydrogen (secondary N) is 1. The van der Waals surface area contributed by atoms with Crippen LogP contribution >= 0.6 is 0 Å². The minimum atomic E-state index is -0.567. The van der Waals surface area contributed by atoms with Crippen molar-refractivity contribution >= 4 is 11.8 Å². The molecule has 1 atom stereocenters. The molecule has 7 nitrogen and oxygen atoms in total. The van der Waals surface area contributed by atoms with Gasteiger partial charge in [-0.15, -0.1) is 0 Å². The number of hydrogen-bond donors (Lipinski definition) is 2. The second-order valence-corrected chi connectivity index (χ2v) is 6.86. The molecule has 2 amide bonds. The lowest BCUT2D eigenvalue weighted by molar-refractivity contribution is 0.0917. The SMILES string of the molecule is CCOc1ccc([C@@H](NC(=O)c2cc(C(N)=O)cn2C)C(C)C)cc1OCC. The number of carbonyl (C=O) groups is 2. The van der Waals surface area contributed by atoms with Crippen LogP contribution < -0.4 is 20.5 Å². The van der Waals surface area contributed by atoms with E-state index in [0.29, 0.717) is 36.0 Å². The Bertz CT molecular complexity index is 842. The van der Waals surface area contributed by atoms with Gasteiger partial charge >= 0.3 is 0 Å². The van der Waals surface area contributed by atoms with Gasteiger partial charge < -0.3 is 25.1 Å². The van der Waals surface area contributed by atoms with Gasteiger partial charge in [-0.25, -0.2) is 0 Å². The van der Waals surface area contributed by atoms with Crippen LogP contribution in [0.15, 0.2) is 30.5 Å². The number of nitrogens with two attached hydrogens (primary N) is 1. The van der Waals surface area contributed by atoms with E-state index in [0.717, 1.165) is 5.56 Å². The lowest BCUT2D eigenvalue weighted by atomic mass is 9.95. The highest BCUT2D eigenvalue weighted by molar-refractivity contribution is 5.98. The van der Waals surface area contributed by atoms with E-state index in [1.54, 1.807) is 17.8 Å². The maximum absolute atomic E-state index is 12.8. The van der Waals surface area contributed by atoms with Gasteiger partial charge in [0.15, 0.2) is 11.5 Å². The van der Waals surface area contributed by atoms with Gasteiger partial charge in [-0.3, -0.25) is 9.59 Å². The second-order valence-electron chi connectivity index (χ2n) is 6.86. The number of nitrogens with zero attached hydrogens (tertiary/aromatic N) is 1. The molecule has 3 N–H and O–H groups in total. The molecule has 1 aromatic carbocycles. The van der Waals surface area contributed by atoms with Crippen LogP contribution in [0.1, 0.15) is 60.1 Å². The molecule has 1 aromatic heterocycles. The smallest absolute Gasteiger partial charge is 0.268 e. The predicted molar refractivity (Wildman–Crippen MR) is 108 cm³/mol. The van der Waals surface area contributed by atoms with Crippen molar-refractivity contribution in [2.75, 3.05) is 13.2 Å². The lowest BCUT2D eigenvalue weighted by Crippen LogP contribution is -2.32. The number of amides is 2. The highest BCUT2D eigenvalue weighted by atomic mass is 16.5. The number of aryl methyl sites for hydroxylation is 1. The molecule has 0 aliphatic heterocycles. The standard InChI is InChI=1S/C21H29N3O4/c1-6-27-17-9-8-14(11-18(17)28-7-2)19(13(3)4)23-21(26)16-10-15(20(22)25)12-24(16)5/h8-13,19H,6-7H2,1-5H3,(H2,22,25)(H,23,26)/t19-/m0/s1. The second kappa shape index (κ2) is 9.30. The summed E-state index contributed by atoms with van der Waals surface area (Å²) in [5.74, 6) is 0.614. The van der Waals surface area contributed by atoms with Gasteiger partial charge in [-0.1, -0.05) is 19.9 Å². The first kappa shape index (κ1) is 21.3. The third-order valence-electron chi connectivity index (χ3n) is 4.40. The number of aromatic nitrogens is 1. The van der Waals surface area contributed by atoms with Crippen LogP contribution in [0.2, 0.25) is 0 Å². The summed E-state index contributed by atoms with van der Waals surface area (Å²) in [6, 6.07) is 6.95. The quantitative estimate of drug-likeness (QED) is 0.691. The van der Waals surface area contributed by atoms with E-state index < -0.39 is 5.91 Å². The number of primary amides is 1. The third kappa shape index (κ3) is 4.85. The van der Waals surface area contributed by atoms with E-state index in [2.05, 4.69) is 5.32 Å². The molecule has 0 bridgehead atoms. The average Bonchev–Trinajstić information content (AvgIpc) is 3.03. The molecule has 0 radical (unpaired) electrons. The number of hydrogen-bond acceptors (Lipinski definition) is 4. The van der Waals surface area contributed by atoms with Gasteiger partial charge in [-0.2, -0.15) is 0 Å². The topological polar surface area (TPSA) is 95.6 Å². The monoisotopic (exact) mass is 387 g/mol. The molecule has 0 spiro atoms. The normalized spacial score (nSPS) is 11.9. The molecular formula is C21H29N3O4. The zero-order chi connectivity index (χ0) is 20.8. The van der Waals surface area contributed by atoms with Crippen LogP contribution in [0.3, 0.4) is 0 Å². The Morgan fingerprint density at radius 2 is 1.75 bits per heavy atom. The van der Waals surface area contributed by atoms with Gasteiger partial charge in [0, 0.05) is 13.2 Å². The van der Waals surface area contributed by atoms with Gasteiger partial charge in [-0.05, 0) is 43.5 Å². The Morgan fingerprint density at radius 1 is 1.11 bits per heavy atom. The Kier molecular flexibility index (Phi) is 7.09. The highest BCUT2D eigenvalue weighted by Crippen LogP contribution is 2.33. The zero-order valence-electron chi connectivity index (χ0n) is 17.1. The van der Waals surface area contributed by atoms with E-state index in [1.165, 1.54) is 6.07 Å². The van der Waals surface area contributed by atoms with E-state index in [4.69, 9.17) is 15.2 Å². The molecule has 28 heavy (non-hydrogen) atoms. The number of rotatable bonds is 9. The Hall–Kier alpha value is -2.96. The number of ether oxygens (including phenoxy) is 2. The highest BCUT2D eigenvalue weighted by Gasteiger charge is 2.23. The molecule has 152 valence electrons. The van der Waals surface area contributed by atoms with Crippen LogP contribution in [-0.4, -0.2) is 29.6 Å². The van der Waals surface area contributed by atoms with Crippen molar-refractivity contribution in [3.63, 3.8) is 0 Å². The van der Waals surface area contributed by atoms with Crippen molar-refractivity contribution in [1.82, 2.24) is 9.88 Å². The van der Waals surface area contributed by atoms with Gasteiger partial charge in [0.1, 0.15) is 5.69 Å². The molecule has 2 aromatic rings. The van der Waals surface area contributed by atoms with Crippen molar-refractivity contribution in [3.05, 3.63) is 47.3 Å². The molecule has 2 rings (SSSR count). The number of carbonyl (C=O) groups excluding carboxylic acids is 2. The number of benzene rings is 1. The summed E-state index contributed by atoms with van der Waals surface area (Å²) < 4.78 is 12.9. The van der Waals surface area contributed by atoms with E-state index >= 15 is 0 Å². The molecule has 0 fully saturated rings. The molecule has 0 aliphatic carbocycles. The summed E-state index contributed by atoms with van der Waals surface area (Å²) in [4.78, 5) is 24.2. The van der Waals surface area contributed by atoms with E-state index in [1.807, 2.05) is 45.9 Å². The Balaban J connectivity index is 2.31. The average molecular weight is 387 g/mol. The summed E-state index contributed by atoms with van der Waals surface area (Å²) in [6.07, 6.45) is 1.55. The van der Waals surface area contributed by atoms with Crippen molar-refractivity contribution < 1.29 is 19.1 Å². The van der Waals surface area contributed by atoms with Crippen molar-refractivity contribution in [2.45, 2.75) is 33.7 Å². The van der Waals surface area contributed by atoms with Crippen LogP contribution in [0.5, 0.6) is 11.5 Å². The molecule has 0 saturated heterocycles. The molecule has 0 aliphatic rings. The largest absolute Gasteiger partial charge is 0.490 e. The summed E-state index contributed by atoms with van der Waals surface area (Å²) in [5.41, 5.74) is 6.90.